The molecule has 0 spiro atoms. The summed E-state index contributed by atoms with van der Waals surface area (Å²) in [5.74, 6) is 0.672. The second-order valence-corrected chi connectivity index (χ2v) is 15.4. The Balaban J connectivity index is 0.874. The van der Waals surface area contributed by atoms with E-state index in [1.54, 1.807) is 0 Å². The lowest BCUT2D eigenvalue weighted by Crippen LogP contribution is -3.19. The minimum absolute atomic E-state index is 0.0603. The van der Waals surface area contributed by atoms with Crippen LogP contribution in [0, 0.1) is 0 Å². The van der Waals surface area contributed by atoms with Crippen molar-refractivity contribution in [1.82, 2.24) is 15.3 Å². The summed E-state index contributed by atoms with van der Waals surface area (Å²) >= 11 is 0. The number of aliphatic imine (C=N–C) groups is 2. The first-order valence-corrected chi connectivity index (χ1v) is 19.4. The molecule has 8 atom stereocenters. The maximum Gasteiger partial charge on any atom is 0.345 e. The van der Waals surface area contributed by atoms with E-state index in [1.807, 2.05) is 6.92 Å². The average Bonchev–Trinajstić information content (AvgIpc) is 3.65. The van der Waals surface area contributed by atoms with Crippen LogP contribution in [0.25, 0.3) is 0 Å². The average molecular weight is 640 g/mol. The second-order valence-electron chi connectivity index (χ2n) is 15.4. The summed E-state index contributed by atoms with van der Waals surface area (Å²) < 4.78 is 5.84. The van der Waals surface area contributed by atoms with Crippen molar-refractivity contribution in [2.24, 2.45) is 9.98 Å². The van der Waals surface area contributed by atoms with E-state index in [9.17, 15) is 10.0 Å². The number of nitrogens with one attached hydrogen (secondary N) is 2. The molecule has 6 rings (SSSR count). The summed E-state index contributed by atoms with van der Waals surface area (Å²) in [6, 6.07) is 2.72. The third kappa shape index (κ3) is 7.67. The van der Waals surface area contributed by atoms with E-state index >= 15 is 0 Å². The van der Waals surface area contributed by atoms with E-state index in [1.165, 1.54) is 99.1 Å². The van der Waals surface area contributed by atoms with Crippen molar-refractivity contribution in [3.8, 4) is 0 Å². The number of carbonyl (C=O) groups is 1. The van der Waals surface area contributed by atoms with Gasteiger partial charge in [-0.15, -0.1) is 0 Å². The van der Waals surface area contributed by atoms with E-state index < -0.39 is 0 Å². The van der Waals surface area contributed by atoms with E-state index in [0.29, 0.717) is 36.8 Å². The van der Waals surface area contributed by atoms with Gasteiger partial charge in [0.15, 0.2) is 0 Å². The van der Waals surface area contributed by atoms with Gasteiger partial charge in [0.25, 0.3) is 0 Å². The fraction of sp³-hybridized carbons (Fsp3) is 0.865. The topological polar surface area (TPSA) is 94.2 Å². The van der Waals surface area contributed by atoms with Crippen molar-refractivity contribution in [2.45, 2.75) is 198 Å². The van der Waals surface area contributed by atoms with Crippen LogP contribution in [0.15, 0.2) is 21.3 Å². The lowest BCUT2D eigenvalue weighted by atomic mass is 9.96. The molecule has 6 aliphatic heterocycles. The Bertz CT molecular complexity index is 1140. The van der Waals surface area contributed by atoms with E-state index in [-0.39, 0.29) is 18.3 Å². The number of hydrogen-bond acceptors (Lipinski definition) is 8. The van der Waals surface area contributed by atoms with Crippen LogP contribution < -0.4 is 10.2 Å². The first kappa shape index (κ1) is 33.9. The van der Waals surface area contributed by atoms with Crippen LogP contribution in [0.5, 0.6) is 0 Å². The molecular weight excluding hydrogens is 576 g/mol. The molecule has 0 radical (unpaired) electrons. The number of hydroxylamine groups is 2. The predicted molar refractivity (Wildman–Crippen MR) is 183 cm³/mol. The Hall–Kier alpha value is -1.97. The molecule has 6 aliphatic rings. The van der Waals surface area contributed by atoms with Crippen molar-refractivity contribution in [2.75, 3.05) is 6.61 Å². The SMILES string of the molecule is CCCCCCCCCC1CC2CCC3=C(C(=O)OCCCCCCCC4CC5CCC6CC(C)N(O)C(=N4)N56)C(C)=NC(N1)[NH+]32. The molecule has 3 N–H and O–H groups in total. The lowest BCUT2D eigenvalue weighted by molar-refractivity contribution is -0.913. The number of rotatable bonds is 17. The number of quaternary nitrogens is 1. The molecule has 0 aromatic rings. The molecular formula is C37H63N6O3+. The summed E-state index contributed by atoms with van der Waals surface area (Å²) in [5, 5.41) is 15.9. The van der Waals surface area contributed by atoms with E-state index in [4.69, 9.17) is 14.7 Å². The Morgan fingerprint density at radius 1 is 0.913 bits per heavy atom. The third-order valence-electron chi connectivity index (χ3n) is 12.0. The number of carbonyl (C=O) groups excluding carboxylic acids is 1. The van der Waals surface area contributed by atoms with Gasteiger partial charge in [0.2, 0.25) is 12.2 Å². The molecule has 9 heteroatoms. The molecule has 4 fully saturated rings. The van der Waals surface area contributed by atoms with Gasteiger partial charge in [-0.3, -0.25) is 10.1 Å². The van der Waals surface area contributed by atoms with Gasteiger partial charge in [-0.05, 0) is 58.8 Å². The standard InChI is InChI=1S/C37H62N6O3/c1-4-5-6-7-8-10-13-16-28-24-32-20-21-33-34(27(3)38-36(39-28)42(32)33)35(44)46-22-15-12-9-11-14-17-29-25-31-19-18-30-23-26(2)43(45)37(40-29)41(30)31/h26,28-32,36,39,45H,4-25H2,1-3H3/p+1. The quantitative estimate of drug-likeness (QED) is 0.136. The van der Waals surface area contributed by atoms with E-state index in [2.05, 4.69) is 24.1 Å². The third-order valence-corrected chi connectivity index (χ3v) is 12.0. The van der Waals surface area contributed by atoms with Gasteiger partial charge < -0.3 is 9.64 Å². The van der Waals surface area contributed by atoms with Crippen LogP contribution in [0.1, 0.15) is 156 Å². The zero-order valence-electron chi connectivity index (χ0n) is 29.2. The smallest absolute Gasteiger partial charge is 0.345 e. The van der Waals surface area contributed by atoms with Gasteiger partial charge in [-0.25, -0.2) is 25.2 Å². The highest BCUT2D eigenvalue weighted by Gasteiger charge is 2.50. The molecule has 8 unspecified atom stereocenters. The summed E-state index contributed by atoms with van der Waals surface area (Å²) in [7, 11) is 0. The van der Waals surface area contributed by atoms with Crippen LogP contribution in [0.2, 0.25) is 0 Å². The molecule has 9 nitrogen and oxygen atoms in total. The van der Waals surface area contributed by atoms with Gasteiger partial charge in [0.05, 0.1) is 30.4 Å². The molecule has 258 valence electrons. The van der Waals surface area contributed by atoms with Crippen molar-refractivity contribution in [3.05, 3.63) is 11.3 Å². The maximum absolute atomic E-state index is 13.3. The fourth-order valence-electron chi connectivity index (χ4n) is 9.54. The van der Waals surface area contributed by atoms with Crippen molar-refractivity contribution >= 4 is 17.6 Å². The minimum Gasteiger partial charge on any atom is -0.462 e. The zero-order chi connectivity index (χ0) is 32.0. The number of allylic oxidation sites excluding steroid dienone is 1. The van der Waals surface area contributed by atoms with Crippen LogP contribution >= 0.6 is 0 Å². The van der Waals surface area contributed by atoms with Crippen LogP contribution in [-0.4, -0.2) is 82.0 Å². The number of guanidine groups is 1. The Morgan fingerprint density at radius 2 is 1.61 bits per heavy atom. The van der Waals surface area contributed by atoms with Gasteiger partial charge >= 0.3 is 5.97 Å². The van der Waals surface area contributed by atoms with Gasteiger partial charge in [-0.1, -0.05) is 77.6 Å². The highest BCUT2D eigenvalue weighted by molar-refractivity contribution is 6.19. The first-order chi connectivity index (χ1) is 22.4. The van der Waals surface area contributed by atoms with Crippen molar-refractivity contribution in [1.29, 1.82) is 0 Å². The molecule has 6 heterocycles. The van der Waals surface area contributed by atoms with Crippen molar-refractivity contribution < 1.29 is 19.6 Å². The van der Waals surface area contributed by atoms with Gasteiger partial charge in [0, 0.05) is 37.4 Å². The highest BCUT2D eigenvalue weighted by atomic mass is 16.5. The summed E-state index contributed by atoms with van der Waals surface area (Å²) in [5.41, 5.74) is 2.85. The monoisotopic (exact) mass is 639 g/mol. The molecule has 0 aromatic heterocycles. The predicted octanol–water partition coefficient (Wildman–Crippen LogP) is 5.88. The molecule has 0 bridgehead atoms. The molecule has 46 heavy (non-hydrogen) atoms. The lowest BCUT2D eigenvalue weighted by Gasteiger charge is -2.47. The first-order valence-electron chi connectivity index (χ1n) is 19.4. The Morgan fingerprint density at radius 3 is 2.39 bits per heavy atom. The summed E-state index contributed by atoms with van der Waals surface area (Å²) in [6.45, 7) is 6.88. The summed E-state index contributed by atoms with van der Waals surface area (Å²) in [4.78, 5) is 27.1. The molecule has 4 saturated heterocycles. The second kappa shape index (κ2) is 16.0. The Labute approximate surface area is 278 Å². The van der Waals surface area contributed by atoms with Gasteiger partial charge in [0.1, 0.15) is 11.3 Å². The number of esters is 1. The van der Waals surface area contributed by atoms with Gasteiger partial charge in [-0.2, -0.15) is 0 Å². The fourth-order valence-corrected chi connectivity index (χ4v) is 9.54. The van der Waals surface area contributed by atoms with Crippen molar-refractivity contribution in [3.63, 3.8) is 0 Å². The number of hydrogen-bond donors (Lipinski definition) is 3. The summed E-state index contributed by atoms with van der Waals surface area (Å²) in [6.07, 6.45) is 25.3. The van der Waals surface area contributed by atoms with Crippen LogP contribution in [-0.2, 0) is 9.53 Å². The maximum atomic E-state index is 13.3. The molecule has 0 amide bonds. The molecule has 0 aliphatic carbocycles. The number of unbranched alkanes of at least 4 members (excludes halogenated alkanes) is 10. The Kier molecular flexibility index (Phi) is 11.8. The molecule has 0 aromatic carbocycles. The minimum atomic E-state index is -0.164. The van der Waals surface area contributed by atoms with E-state index in [0.717, 1.165) is 68.6 Å². The normalized spacial score (nSPS) is 33.1. The highest BCUT2D eigenvalue weighted by Crippen LogP contribution is 2.39. The molecule has 0 saturated carbocycles. The zero-order valence-corrected chi connectivity index (χ0v) is 29.2. The largest absolute Gasteiger partial charge is 0.462 e. The van der Waals surface area contributed by atoms with Crippen LogP contribution in [0.3, 0.4) is 0 Å². The van der Waals surface area contributed by atoms with Crippen LogP contribution in [0.4, 0.5) is 0 Å². The number of nitrogens with zero attached hydrogens (tertiary/aromatic N) is 4. The number of ether oxygens (including phenoxy) is 1.